The fourth-order valence-electron chi connectivity index (χ4n) is 1.23. The predicted molar refractivity (Wildman–Crippen MR) is 65.9 cm³/mol. The highest BCUT2D eigenvalue weighted by atomic mass is 16.5. The lowest BCUT2D eigenvalue weighted by molar-refractivity contribution is 0.0334. The SMILES string of the molecule is CCC(C)OC(=O)c1ccc(N(C)C)cc1. The molecule has 3 nitrogen and oxygen atoms in total. The molecule has 0 N–H and O–H groups in total. The minimum absolute atomic E-state index is 0.0268. The third kappa shape index (κ3) is 3.26. The molecule has 0 aliphatic rings. The number of hydrogen-bond donors (Lipinski definition) is 0. The van der Waals surface area contributed by atoms with Gasteiger partial charge in [-0.2, -0.15) is 0 Å². The van der Waals surface area contributed by atoms with Gasteiger partial charge in [-0.05, 0) is 37.6 Å². The van der Waals surface area contributed by atoms with Crippen LogP contribution < -0.4 is 4.90 Å². The Morgan fingerprint density at radius 1 is 1.31 bits per heavy atom. The van der Waals surface area contributed by atoms with Crippen LogP contribution in [0.25, 0.3) is 0 Å². The van der Waals surface area contributed by atoms with Crippen molar-refractivity contribution in [2.75, 3.05) is 19.0 Å². The number of hydrogen-bond acceptors (Lipinski definition) is 3. The maximum atomic E-state index is 11.7. The number of anilines is 1. The van der Waals surface area contributed by atoms with Crippen molar-refractivity contribution >= 4 is 11.7 Å². The standard InChI is InChI=1S/C13H19NO2/c1-5-10(2)16-13(15)11-6-8-12(9-7-11)14(3)4/h6-10H,5H2,1-4H3. The van der Waals surface area contributed by atoms with E-state index in [0.717, 1.165) is 12.1 Å². The smallest absolute Gasteiger partial charge is 0.338 e. The Morgan fingerprint density at radius 3 is 2.31 bits per heavy atom. The summed E-state index contributed by atoms with van der Waals surface area (Å²) in [5, 5.41) is 0. The number of ether oxygens (including phenoxy) is 1. The predicted octanol–water partition coefficient (Wildman–Crippen LogP) is 2.71. The Kier molecular flexibility index (Phi) is 4.35. The van der Waals surface area contributed by atoms with Crippen LogP contribution in [0.4, 0.5) is 5.69 Å². The average molecular weight is 221 g/mol. The topological polar surface area (TPSA) is 29.5 Å². The van der Waals surface area contributed by atoms with Gasteiger partial charge in [0, 0.05) is 19.8 Å². The number of carbonyl (C=O) groups is 1. The lowest BCUT2D eigenvalue weighted by atomic mass is 10.2. The molecular formula is C13H19NO2. The van der Waals surface area contributed by atoms with E-state index in [1.54, 1.807) is 12.1 Å². The van der Waals surface area contributed by atoms with E-state index in [1.165, 1.54) is 0 Å². The summed E-state index contributed by atoms with van der Waals surface area (Å²) in [5.74, 6) is -0.250. The summed E-state index contributed by atoms with van der Waals surface area (Å²) < 4.78 is 5.23. The van der Waals surface area contributed by atoms with Crippen molar-refractivity contribution in [2.45, 2.75) is 26.4 Å². The van der Waals surface area contributed by atoms with Gasteiger partial charge in [0.1, 0.15) is 0 Å². The molecular weight excluding hydrogens is 202 g/mol. The lowest BCUT2D eigenvalue weighted by Crippen LogP contribution is -2.14. The molecule has 0 saturated heterocycles. The van der Waals surface area contributed by atoms with Crippen molar-refractivity contribution in [3.05, 3.63) is 29.8 Å². The average Bonchev–Trinajstić information content (AvgIpc) is 2.28. The molecule has 0 bridgehead atoms. The van der Waals surface area contributed by atoms with E-state index in [0.29, 0.717) is 5.56 Å². The van der Waals surface area contributed by atoms with Crippen LogP contribution in [-0.4, -0.2) is 26.2 Å². The van der Waals surface area contributed by atoms with Crippen LogP contribution in [0.5, 0.6) is 0 Å². The largest absolute Gasteiger partial charge is 0.459 e. The number of esters is 1. The zero-order valence-corrected chi connectivity index (χ0v) is 10.4. The molecule has 0 fully saturated rings. The van der Waals surface area contributed by atoms with Gasteiger partial charge in [0.25, 0.3) is 0 Å². The first-order chi connectivity index (χ1) is 7.54. The highest BCUT2D eigenvalue weighted by Crippen LogP contribution is 2.13. The second-order valence-electron chi connectivity index (χ2n) is 4.07. The van der Waals surface area contributed by atoms with E-state index in [2.05, 4.69) is 0 Å². The molecule has 16 heavy (non-hydrogen) atoms. The normalized spacial score (nSPS) is 12.0. The van der Waals surface area contributed by atoms with E-state index in [-0.39, 0.29) is 12.1 Å². The van der Waals surface area contributed by atoms with Gasteiger partial charge in [0.2, 0.25) is 0 Å². The van der Waals surface area contributed by atoms with Crippen molar-refractivity contribution in [1.29, 1.82) is 0 Å². The molecule has 0 heterocycles. The van der Waals surface area contributed by atoms with Crippen LogP contribution in [0.2, 0.25) is 0 Å². The summed E-state index contributed by atoms with van der Waals surface area (Å²) in [5.41, 5.74) is 1.67. The summed E-state index contributed by atoms with van der Waals surface area (Å²) in [6, 6.07) is 7.40. The Labute approximate surface area is 97.0 Å². The molecule has 1 unspecified atom stereocenters. The van der Waals surface area contributed by atoms with E-state index in [9.17, 15) is 4.79 Å². The highest BCUT2D eigenvalue weighted by Gasteiger charge is 2.10. The summed E-state index contributed by atoms with van der Waals surface area (Å²) in [7, 11) is 3.93. The van der Waals surface area contributed by atoms with Crippen LogP contribution in [0.1, 0.15) is 30.6 Å². The molecule has 0 radical (unpaired) electrons. The molecule has 0 aromatic heterocycles. The lowest BCUT2D eigenvalue weighted by Gasteiger charge is -2.13. The zero-order chi connectivity index (χ0) is 12.1. The molecule has 1 atom stereocenters. The van der Waals surface area contributed by atoms with Gasteiger partial charge in [-0.25, -0.2) is 4.79 Å². The van der Waals surface area contributed by atoms with Crippen LogP contribution in [0.15, 0.2) is 24.3 Å². The second kappa shape index (κ2) is 5.54. The van der Waals surface area contributed by atoms with E-state index in [4.69, 9.17) is 4.74 Å². The first-order valence-corrected chi connectivity index (χ1v) is 5.53. The van der Waals surface area contributed by atoms with Gasteiger partial charge < -0.3 is 9.64 Å². The van der Waals surface area contributed by atoms with Crippen molar-refractivity contribution in [2.24, 2.45) is 0 Å². The van der Waals surface area contributed by atoms with Crippen LogP contribution in [0.3, 0.4) is 0 Å². The fourth-order valence-corrected chi connectivity index (χ4v) is 1.23. The van der Waals surface area contributed by atoms with Crippen molar-refractivity contribution < 1.29 is 9.53 Å². The summed E-state index contributed by atoms with van der Waals surface area (Å²) in [6.45, 7) is 3.89. The molecule has 1 aromatic carbocycles. The Hall–Kier alpha value is -1.51. The number of nitrogens with zero attached hydrogens (tertiary/aromatic N) is 1. The van der Waals surface area contributed by atoms with E-state index in [1.807, 2.05) is 45.0 Å². The van der Waals surface area contributed by atoms with E-state index < -0.39 is 0 Å². The third-order valence-electron chi connectivity index (χ3n) is 2.50. The summed E-state index contributed by atoms with van der Waals surface area (Å²) in [6.07, 6.45) is 0.808. The first-order valence-electron chi connectivity index (χ1n) is 5.53. The van der Waals surface area contributed by atoms with Gasteiger partial charge in [0.15, 0.2) is 0 Å². The van der Waals surface area contributed by atoms with Gasteiger partial charge >= 0.3 is 5.97 Å². The molecule has 0 spiro atoms. The molecule has 88 valence electrons. The highest BCUT2D eigenvalue weighted by molar-refractivity contribution is 5.89. The maximum Gasteiger partial charge on any atom is 0.338 e. The minimum atomic E-state index is -0.250. The maximum absolute atomic E-state index is 11.7. The van der Waals surface area contributed by atoms with Gasteiger partial charge in [-0.15, -0.1) is 0 Å². The minimum Gasteiger partial charge on any atom is -0.459 e. The Morgan fingerprint density at radius 2 is 1.88 bits per heavy atom. The third-order valence-corrected chi connectivity index (χ3v) is 2.50. The molecule has 0 amide bonds. The Balaban J connectivity index is 2.70. The fraction of sp³-hybridized carbons (Fsp3) is 0.462. The van der Waals surface area contributed by atoms with Gasteiger partial charge in [-0.1, -0.05) is 6.92 Å². The Bertz CT molecular complexity index is 343. The van der Waals surface area contributed by atoms with E-state index >= 15 is 0 Å². The zero-order valence-electron chi connectivity index (χ0n) is 10.4. The quantitative estimate of drug-likeness (QED) is 0.732. The number of rotatable bonds is 4. The van der Waals surface area contributed by atoms with Crippen molar-refractivity contribution in [3.63, 3.8) is 0 Å². The summed E-state index contributed by atoms with van der Waals surface area (Å²) >= 11 is 0. The molecule has 0 aliphatic carbocycles. The molecule has 1 rings (SSSR count). The van der Waals surface area contributed by atoms with Gasteiger partial charge in [-0.3, -0.25) is 0 Å². The molecule has 0 aliphatic heterocycles. The number of benzene rings is 1. The van der Waals surface area contributed by atoms with Crippen molar-refractivity contribution in [1.82, 2.24) is 0 Å². The van der Waals surface area contributed by atoms with Crippen molar-refractivity contribution in [3.8, 4) is 0 Å². The van der Waals surface area contributed by atoms with Crippen LogP contribution in [-0.2, 0) is 4.74 Å². The second-order valence-corrected chi connectivity index (χ2v) is 4.07. The van der Waals surface area contributed by atoms with Crippen LogP contribution >= 0.6 is 0 Å². The first kappa shape index (κ1) is 12.6. The molecule has 3 heteroatoms. The summed E-state index contributed by atoms with van der Waals surface area (Å²) in [4.78, 5) is 13.6. The monoisotopic (exact) mass is 221 g/mol. The number of carbonyl (C=O) groups excluding carboxylic acids is 1. The van der Waals surface area contributed by atoms with Crippen LogP contribution in [0, 0.1) is 0 Å². The van der Waals surface area contributed by atoms with Gasteiger partial charge in [0.05, 0.1) is 11.7 Å². The molecule has 0 saturated carbocycles. The molecule has 1 aromatic rings.